The average Bonchev–Trinajstić information content (AvgIpc) is 3.03. The Bertz CT molecular complexity index is 508. The molecule has 2 N–H and O–H groups in total. The van der Waals surface area contributed by atoms with Crippen LogP contribution in [0.5, 0.6) is 0 Å². The molecule has 6 heteroatoms. The first-order valence-electron chi connectivity index (χ1n) is 5.67. The lowest BCUT2D eigenvalue weighted by atomic mass is 9.82. The van der Waals surface area contributed by atoms with Crippen LogP contribution in [0.25, 0.3) is 0 Å². The highest BCUT2D eigenvalue weighted by Crippen LogP contribution is 2.39. The number of rotatable bonds is 3. The quantitative estimate of drug-likeness (QED) is 0.749. The highest BCUT2D eigenvalue weighted by molar-refractivity contribution is 5.92. The molecule has 1 saturated heterocycles. The first-order valence-corrected chi connectivity index (χ1v) is 5.67. The largest absolute Gasteiger partial charge is 0.481 e. The molecule has 0 aliphatic carbocycles. The normalized spacial score (nSPS) is 32.7. The molecule has 1 aromatic heterocycles. The summed E-state index contributed by atoms with van der Waals surface area (Å²) in [6.45, 7) is 0. The minimum atomic E-state index is -1.00. The Hall–Kier alpha value is -2.08. The molecule has 1 fully saturated rings. The zero-order chi connectivity index (χ0) is 12.7. The van der Waals surface area contributed by atoms with Crippen molar-refractivity contribution in [1.29, 1.82) is 0 Å². The average molecular weight is 248 g/mol. The second kappa shape index (κ2) is 3.99. The number of ether oxygens (including phenoxy) is 1. The summed E-state index contributed by atoms with van der Waals surface area (Å²) in [5.74, 6) is -2.83. The molecule has 3 rings (SSSR count). The Balaban J connectivity index is 1.80. The molecule has 94 valence electrons. The Morgan fingerprint density at radius 3 is 2.33 bits per heavy atom. The van der Waals surface area contributed by atoms with Crippen molar-refractivity contribution in [2.45, 2.75) is 12.2 Å². The van der Waals surface area contributed by atoms with E-state index in [0.717, 1.165) is 0 Å². The van der Waals surface area contributed by atoms with Crippen molar-refractivity contribution in [2.75, 3.05) is 5.43 Å². The molecule has 6 nitrogen and oxygen atoms in total. The molecule has 2 aliphatic heterocycles. The third-order valence-electron chi connectivity index (χ3n) is 3.33. The molecule has 0 spiro atoms. The van der Waals surface area contributed by atoms with Crippen molar-refractivity contribution in [3.05, 3.63) is 36.7 Å². The van der Waals surface area contributed by atoms with E-state index in [-0.39, 0.29) is 5.91 Å². The first-order chi connectivity index (χ1) is 8.66. The molecule has 1 amide bonds. The number of fused-ring (bicyclic) bond motifs is 2. The first kappa shape index (κ1) is 11.0. The zero-order valence-corrected chi connectivity index (χ0v) is 9.39. The SMILES string of the molecule is O=C(O)[C@@H]1[C@@H](C(=O)Nn2cccc2)[C@H]2C=C[C@@H]1O2. The smallest absolute Gasteiger partial charge is 0.310 e. The summed E-state index contributed by atoms with van der Waals surface area (Å²) >= 11 is 0. The van der Waals surface area contributed by atoms with Crippen LogP contribution in [0.2, 0.25) is 0 Å². The highest BCUT2D eigenvalue weighted by atomic mass is 16.5. The van der Waals surface area contributed by atoms with Gasteiger partial charge in [-0.2, -0.15) is 0 Å². The minimum Gasteiger partial charge on any atom is -0.481 e. The van der Waals surface area contributed by atoms with E-state index in [2.05, 4.69) is 5.43 Å². The number of hydrogen-bond donors (Lipinski definition) is 2. The standard InChI is InChI=1S/C12H12N2O4/c15-11(13-14-5-1-2-6-14)9-7-3-4-8(18-7)10(9)12(16)17/h1-10H,(H,13,15)(H,16,17)/t7-,8+,9+,10+/m1/s1. The fraction of sp³-hybridized carbons (Fsp3) is 0.333. The summed E-state index contributed by atoms with van der Waals surface area (Å²) < 4.78 is 6.93. The van der Waals surface area contributed by atoms with E-state index in [0.29, 0.717) is 0 Å². The van der Waals surface area contributed by atoms with E-state index in [1.165, 1.54) is 4.68 Å². The van der Waals surface area contributed by atoms with Gasteiger partial charge in [0.25, 0.3) is 0 Å². The molecule has 4 atom stereocenters. The Morgan fingerprint density at radius 1 is 1.11 bits per heavy atom. The van der Waals surface area contributed by atoms with Crippen LogP contribution in [0.4, 0.5) is 0 Å². The van der Waals surface area contributed by atoms with Crippen LogP contribution in [0, 0.1) is 11.8 Å². The number of aromatic nitrogens is 1. The maximum Gasteiger partial charge on any atom is 0.310 e. The number of carbonyl (C=O) groups is 2. The molecule has 3 heterocycles. The van der Waals surface area contributed by atoms with E-state index in [4.69, 9.17) is 4.74 Å². The van der Waals surface area contributed by atoms with Crippen LogP contribution in [0.3, 0.4) is 0 Å². The third-order valence-corrected chi connectivity index (χ3v) is 3.33. The molecule has 0 saturated carbocycles. The van der Waals surface area contributed by atoms with Gasteiger partial charge in [-0.15, -0.1) is 0 Å². The van der Waals surface area contributed by atoms with Gasteiger partial charge in [-0.3, -0.25) is 19.7 Å². The Morgan fingerprint density at radius 2 is 1.72 bits per heavy atom. The lowest BCUT2D eigenvalue weighted by Crippen LogP contribution is -2.41. The summed E-state index contributed by atoms with van der Waals surface area (Å²) in [4.78, 5) is 23.3. The van der Waals surface area contributed by atoms with Crippen molar-refractivity contribution in [3.63, 3.8) is 0 Å². The van der Waals surface area contributed by atoms with Gasteiger partial charge in [-0.05, 0) is 12.1 Å². The van der Waals surface area contributed by atoms with E-state index in [9.17, 15) is 14.7 Å². The number of nitrogens with zero attached hydrogens (tertiary/aromatic N) is 1. The predicted molar refractivity (Wildman–Crippen MR) is 61.2 cm³/mol. The lowest BCUT2D eigenvalue weighted by Gasteiger charge is -2.21. The molecule has 2 aliphatic rings. The van der Waals surface area contributed by atoms with E-state index in [1.54, 1.807) is 36.7 Å². The maximum atomic E-state index is 12.1. The summed E-state index contributed by atoms with van der Waals surface area (Å²) in [5, 5.41) is 9.18. The van der Waals surface area contributed by atoms with Crippen LogP contribution < -0.4 is 5.43 Å². The van der Waals surface area contributed by atoms with Crippen molar-refractivity contribution in [3.8, 4) is 0 Å². The van der Waals surface area contributed by atoms with E-state index < -0.39 is 30.0 Å². The van der Waals surface area contributed by atoms with Crippen LogP contribution in [0.15, 0.2) is 36.7 Å². The van der Waals surface area contributed by atoms with Gasteiger partial charge in [0.05, 0.1) is 18.1 Å². The van der Waals surface area contributed by atoms with E-state index >= 15 is 0 Å². The van der Waals surface area contributed by atoms with Crippen molar-refractivity contribution >= 4 is 11.9 Å². The Kier molecular flexibility index (Phi) is 2.45. The van der Waals surface area contributed by atoms with Gasteiger partial charge < -0.3 is 9.84 Å². The second-order valence-electron chi connectivity index (χ2n) is 4.41. The van der Waals surface area contributed by atoms with Gasteiger partial charge in [0.1, 0.15) is 5.92 Å². The minimum absolute atomic E-state index is 0.338. The fourth-order valence-electron chi connectivity index (χ4n) is 2.53. The van der Waals surface area contributed by atoms with Gasteiger partial charge in [-0.1, -0.05) is 12.2 Å². The summed E-state index contributed by atoms with van der Waals surface area (Å²) in [6.07, 6.45) is 5.89. The molecule has 0 aromatic carbocycles. The van der Waals surface area contributed by atoms with Crippen molar-refractivity contribution < 1.29 is 19.4 Å². The predicted octanol–water partition coefficient (Wildman–Crippen LogP) is 0.212. The second-order valence-corrected chi connectivity index (χ2v) is 4.41. The van der Waals surface area contributed by atoms with Crippen LogP contribution in [-0.2, 0) is 14.3 Å². The van der Waals surface area contributed by atoms with Crippen molar-refractivity contribution in [2.24, 2.45) is 11.8 Å². The summed E-state index contributed by atoms with van der Waals surface area (Å²) in [6, 6.07) is 3.54. The molecule has 1 aromatic rings. The molecular weight excluding hydrogens is 236 g/mol. The van der Waals surface area contributed by atoms with Gasteiger partial charge in [0, 0.05) is 12.4 Å². The number of aliphatic carboxylic acids is 1. The van der Waals surface area contributed by atoms with Crippen LogP contribution in [0.1, 0.15) is 0 Å². The number of amides is 1. The number of hydrogen-bond acceptors (Lipinski definition) is 3. The number of carbonyl (C=O) groups excluding carboxylic acids is 1. The van der Waals surface area contributed by atoms with Crippen molar-refractivity contribution in [1.82, 2.24) is 4.68 Å². The third kappa shape index (κ3) is 1.62. The monoisotopic (exact) mass is 248 g/mol. The topological polar surface area (TPSA) is 80.6 Å². The zero-order valence-electron chi connectivity index (χ0n) is 9.39. The molecule has 0 radical (unpaired) electrons. The van der Waals surface area contributed by atoms with E-state index in [1.807, 2.05) is 0 Å². The van der Waals surface area contributed by atoms with Crippen LogP contribution in [-0.4, -0.2) is 33.9 Å². The summed E-state index contributed by atoms with van der Waals surface area (Å²) in [7, 11) is 0. The Labute approximate surface area is 103 Å². The molecule has 2 bridgehead atoms. The maximum absolute atomic E-state index is 12.1. The number of nitrogens with one attached hydrogen (secondary N) is 1. The van der Waals surface area contributed by atoms with Gasteiger partial charge in [-0.25, -0.2) is 0 Å². The molecule has 0 unspecified atom stereocenters. The molecular formula is C12H12N2O4. The van der Waals surface area contributed by atoms with Crippen LogP contribution >= 0.6 is 0 Å². The highest BCUT2D eigenvalue weighted by Gasteiger charge is 2.53. The summed E-state index contributed by atoms with van der Waals surface area (Å²) in [5.41, 5.74) is 2.63. The molecule has 18 heavy (non-hydrogen) atoms. The lowest BCUT2D eigenvalue weighted by molar-refractivity contribution is -0.146. The number of carboxylic acids is 1. The fourth-order valence-corrected chi connectivity index (χ4v) is 2.53. The van der Waals surface area contributed by atoms with Gasteiger partial charge >= 0.3 is 5.97 Å². The van der Waals surface area contributed by atoms with Gasteiger partial charge in [0.15, 0.2) is 0 Å². The van der Waals surface area contributed by atoms with Gasteiger partial charge in [0.2, 0.25) is 5.91 Å². The number of carboxylic acid groups (broad SMARTS) is 1.